The molecule has 0 radical (unpaired) electrons. The highest BCUT2D eigenvalue weighted by atomic mass is 16.3. The van der Waals surface area contributed by atoms with Crippen molar-refractivity contribution >= 4 is 34.0 Å². The molecule has 4 heterocycles. The van der Waals surface area contributed by atoms with E-state index in [1.165, 1.54) is 6.20 Å². The smallest absolute Gasteiger partial charge is 0.274 e. The molecule has 3 aromatic heterocycles. The van der Waals surface area contributed by atoms with Gasteiger partial charge in [-0.25, -0.2) is 15.0 Å². The number of aliphatic hydroxyl groups excluding tert-OH is 1. The summed E-state index contributed by atoms with van der Waals surface area (Å²) in [6.07, 6.45) is 6.09. The van der Waals surface area contributed by atoms with Crippen molar-refractivity contribution in [3.8, 4) is 5.69 Å². The highest BCUT2D eigenvalue weighted by Gasteiger charge is 2.19. The Labute approximate surface area is 190 Å². The van der Waals surface area contributed by atoms with E-state index in [0.717, 1.165) is 37.2 Å². The van der Waals surface area contributed by atoms with Gasteiger partial charge >= 0.3 is 0 Å². The molecule has 1 aliphatic rings. The Hall–Kier alpha value is -3.98. The number of nitrogens with two attached hydrogens (primary N) is 1. The number of benzene rings is 1. The lowest BCUT2D eigenvalue weighted by atomic mass is 10.1. The molecule has 0 spiro atoms. The quantitative estimate of drug-likeness (QED) is 0.412. The van der Waals surface area contributed by atoms with E-state index in [4.69, 9.17) is 5.73 Å². The van der Waals surface area contributed by atoms with Crippen molar-refractivity contribution in [1.29, 1.82) is 0 Å². The maximum atomic E-state index is 12.6. The number of aliphatic hydroxyl groups is 1. The number of aryl methyl sites for hydroxylation is 1. The van der Waals surface area contributed by atoms with Gasteiger partial charge in [0.25, 0.3) is 5.56 Å². The van der Waals surface area contributed by atoms with Gasteiger partial charge in [-0.15, -0.1) is 0 Å². The predicted octanol–water partition coefficient (Wildman–Crippen LogP) is 2.77. The van der Waals surface area contributed by atoms with Crippen LogP contribution in [0.3, 0.4) is 0 Å². The van der Waals surface area contributed by atoms with Gasteiger partial charge in [0, 0.05) is 30.5 Å². The van der Waals surface area contributed by atoms with Crippen LogP contribution >= 0.6 is 0 Å². The highest BCUT2D eigenvalue weighted by molar-refractivity contribution is 5.79. The zero-order chi connectivity index (χ0) is 22.9. The standard InChI is InChI=1S/C24H25N7O2/c1-15-10-22(28-13-21(15)30-8-6-18(32)7-9-30)29-23-11-20-19(12-27-23)26-14-24(33)31(20)17-4-2-16(25)3-5-17/h2-5,10-14,18,32H,6-9,25H2,1H3,(H,27,28,29). The van der Waals surface area contributed by atoms with E-state index in [0.29, 0.717) is 34.0 Å². The van der Waals surface area contributed by atoms with Gasteiger partial charge in [0.05, 0.1) is 35.9 Å². The molecule has 33 heavy (non-hydrogen) atoms. The predicted molar refractivity (Wildman–Crippen MR) is 129 cm³/mol. The number of nitrogen functional groups attached to an aromatic ring is 1. The van der Waals surface area contributed by atoms with Gasteiger partial charge in [-0.2, -0.15) is 0 Å². The molecule has 0 unspecified atom stereocenters. The number of nitrogens with zero attached hydrogens (tertiary/aromatic N) is 5. The second-order valence-electron chi connectivity index (χ2n) is 8.28. The van der Waals surface area contributed by atoms with Crippen LogP contribution in [0.15, 0.2) is 59.8 Å². The fourth-order valence-corrected chi connectivity index (χ4v) is 4.16. The SMILES string of the molecule is Cc1cc(Nc2cc3c(cn2)ncc(=O)n3-c2ccc(N)cc2)ncc1N1CCC(O)CC1. The van der Waals surface area contributed by atoms with Crippen LogP contribution in [0.25, 0.3) is 16.7 Å². The maximum Gasteiger partial charge on any atom is 0.274 e. The third-order valence-electron chi connectivity index (χ3n) is 5.93. The van der Waals surface area contributed by atoms with Crippen LogP contribution in [-0.2, 0) is 0 Å². The zero-order valence-corrected chi connectivity index (χ0v) is 18.3. The van der Waals surface area contributed by atoms with Crippen LogP contribution in [0.5, 0.6) is 0 Å². The lowest BCUT2D eigenvalue weighted by Gasteiger charge is -2.32. The molecule has 0 amide bonds. The van der Waals surface area contributed by atoms with Crippen molar-refractivity contribution < 1.29 is 5.11 Å². The molecule has 9 nitrogen and oxygen atoms in total. The first-order valence-corrected chi connectivity index (χ1v) is 10.9. The highest BCUT2D eigenvalue weighted by Crippen LogP contribution is 2.26. The molecule has 4 aromatic rings. The van der Waals surface area contributed by atoms with Crippen LogP contribution in [-0.4, -0.2) is 43.8 Å². The zero-order valence-electron chi connectivity index (χ0n) is 18.3. The minimum absolute atomic E-state index is 0.213. The molecule has 1 aromatic carbocycles. The van der Waals surface area contributed by atoms with Crippen LogP contribution in [0.2, 0.25) is 0 Å². The monoisotopic (exact) mass is 443 g/mol. The third kappa shape index (κ3) is 4.22. The number of fused-ring (bicyclic) bond motifs is 1. The Balaban J connectivity index is 1.46. The van der Waals surface area contributed by atoms with Gasteiger partial charge < -0.3 is 21.1 Å². The fraction of sp³-hybridized carbons (Fsp3) is 0.250. The van der Waals surface area contributed by atoms with Gasteiger partial charge in [-0.3, -0.25) is 9.36 Å². The van der Waals surface area contributed by atoms with Crippen molar-refractivity contribution in [3.05, 3.63) is 70.9 Å². The Bertz CT molecular complexity index is 1360. The Morgan fingerprint density at radius 3 is 2.42 bits per heavy atom. The lowest BCUT2D eigenvalue weighted by Crippen LogP contribution is -2.36. The number of piperidine rings is 1. The molecule has 5 rings (SSSR count). The molecule has 0 aliphatic carbocycles. The summed E-state index contributed by atoms with van der Waals surface area (Å²) in [5.41, 5.74) is 10.3. The van der Waals surface area contributed by atoms with E-state index in [1.807, 2.05) is 19.2 Å². The van der Waals surface area contributed by atoms with Crippen molar-refractivity contribution in [2.24, 2.45) is 0 Å². The normalized spacial score (nSPS) is 14.5. The molecule has 1 saturated heterocycles. The van der Waals surface area contributed by atoms with Gasteiger partial charge in [-0.1, -0.05) is 0 Å². The number of rotatable bonds is 4. The molecule has 1 fully saturated rings. The summed E-state index contributed by atoms with van der Waals surface area (Å²) >= 11 is 0. The summed E-state index contributed by atoms with van der Waals surface area (Å²) in [5.74, 6) is 1.21. The molecule has 9 heteroatoms. The van der Waals surface area contributed by atoms with Gasteiger partial charge in [-0.05, 0) is 55.7 Å². The van der Waals surface area contributed by atoms with E-state index >= 15 is 0 Å². The number of hydrogen-bond donors (Lipinski definition) is 3. The topological polar surface area (TPSA) is 122 Å². The van der Waals surface area contributed by atoms with E-state index < -0.39 is 0 Å². The van der Waals surface area contributed by atoms with E-state index in [2.05, 4.69) is 25.2 Å². The van der Waals surface area contributed by atoms with Crippen LogP contribution < -0.4 is 21.5 Å². The fourth-order valence-electron chi connectivity index (χ4n) is 4.16. The van der Waals surface area contributed by atoms with Crippen molar-refractivity contribution in [2.75, 3.05) is 29.0 Å². The summed E-state index contributed by atoms with van der Waals surface area (Å²) in [4.78, 5) is 28.1. The molecule has 0 bridgehead atoms. The maximum absolute atomic E-state index is 12.6. The van der Waals surface area contributed by atoms with Gasteiger partial charge in [0.2, 0.25) is 0 Å². The summed E-state index contributed by atoms with van der Waals surface area (Å²) in [5, 5.41) is 13.0. The molecular formula is C24H25N7O2. The Kier molecular flexibility index (Phi) is 5.39. The van der Waals surface area contributed by atoms with Gasteiger partial charge in [0.15, 0.2) is 0 Å². The molecule has 4 N–H and O–H groups in total. The first-order valence-electron chi connectivity index (χ1n) is 10.9. The second-order valence-corrected chi connectivity index (χ2v) is 8.28. The second kappa shape index (κ2) is 8.51. The number of anilines is 4. The van der Waals surface area contributed by atoms with Crippen molar-refractivity contribution in [1.82, 2.24) is 19.5 Å². The van der Waals surface area contributed by atoms with E-state index in [9.17, 15) is 9.90 Å². The first kappa shape index (κ1) is 20.9. The molecule has 0 saturated carbocycles. The van der Waals surface area contributed by atoms with E-state index in [1.54, 1.807) is 41.1 Å². The molecular weight excluding hydrogens is 418 g/mol. The summed E-state index contributed by atoms with van der Waals surface area (Å²) in [7, 11) is 0. The van der Waals surface area contributed by atoms with Gasteiger partial charge in [0.1, 0.15) is 17.2 Å². The number of hydrogen-bond acceptors (Lipinski definition) is 8. The van der Waals surface area contributed by atoms with E-state index in [-0.39, 0.29) is 11.7 Å². The summed E-state index contributed by atoms with van der Waals surface area (Å²) < 4.78 is 1.58. The average Bonchev–Trinajstić information content (AvgIpc) is 2.81. The number of pyridine rings is 2. The Morgan fingerprint density at radius 1 is 1.00 bits per heavy atom. The minimum Gasteiger partial charge on any atom is -0.399 e. The molecule has 168 valence electrons. The number of nitrogens with one attached hydrogen (secondary N) is 1. The molecule has 1 aliphatic heterocycles. The lowest BCUT2D eigenvalue weighted by molar-refractivity contribution is 0.145. The van der Waals surface area contributed by atoms with Crippen LogP contribution in [0, 0.1) is 6.92 Å². The van der Waals surface area contributed by atoms with Crippen LogP contribution in [0.1, 0.15) is 18.4 Å². The summed E-state index contributed by atoms with van der Waals surface area (Å²) in [6, 6.07) is 10.9. The molecule has 0 atom stereocenters. The number of aromatic nitrogens is 4. The van der Waals surface area contributed by atoms with Crippen molar-refractivity contribution in [2.45, 2.75) is 25.9 Å². The largest absolute Gasteiger partial charge is 0.399 e. The Morgan fingerprint density at radius 2 is 1.70 bits per heavy atom. The van der Waals surface area contributed by atoms with Crippen molar-refractivity contribution in [3.63, 3.8) is 0 Å². The third-order valence-corrected chi connectivity index (χ3v) is 5.93. The minimum atomic E-state index is -0.241. The first-order chi connectivity index (χ1) is 16.0. The average molecular weight is 444 g/mol. The van der Waals surface area contributed by atoms with Crippen LogP contribution in [0.4, 0.5) is 23.0 Å². The summed E-state index contributed by atoms with van der Waals surface area (Å²) in [6.45, 7) is 3.68.